The maximum atomic E-state index is 13.0. The van der Waals surface area contributed by atoms with E-state index >= 15 is 0 Å². The van der Waals surface area contributed by atoms with Crippen molar-refractivity contribution in [2.45, 2.75) is 36.4 Å². The standard InChI is InChI=1S/C20H19ClN2O2S/c21-15-9-7-14(8-10-15)13-26-20-22-18-6-2-1-5-17(18)19(24)23(20)12-16-4-3-11-25-16/h1-2,5-10,16H,3-4,11-13H2/t16-/m0/s1. The average molecular weight is 387 g/mol. The van der Waals surface area contributed by atoms with Crippen molar-refractivity contribution in [2.75, 3.05) is 6.61 Å². The number of hydrogen-bond acceptors (Lipinski definition) is 4. The molecular formula is C20H19ClN2O2S. The normalized spacial score (nSPS) is 17.0. The fourth-order valence-corrected chi connectivity index (χ4v) is 4.23. The lowest BCUT2D eigenvalue weighted by molar-refractivity contribution is 0.0937. The Morgan fingerprint density at radius 2 is 2.00 bits per heavy atom. The molecule has 0 amide bonds. The van der Waals surface area contributed by atoms with Gasteiger partial charge in [0.1, 0.15) is 0 Å². The molecule has 1 fully saturated rings. The van der Waals surface area contributed by atoms with Crippen LogP contribution in [0.15, 0.2) is 58.5 Å². The molecule has 0 aliphatic carbocycles. The van der Waals surface area contributed by atoms with Crippen LogP contribution in [0.5, 0.6) is 0 Å². The molecule has 0 bridgehead atoms. The van der Waals surface area contributed by atoms with Crippen molar-refractivity contribution in [3.8, 4) is 0 Å². The first-order valence-corrected chi connectivity index (χ1v) is 10.1. The number of nitrogens with zero attached hydrogens (tertiary/aromatic N) is 2. The van der Waals surface area contributed by atoms with Gasteiger partial charge in [0, 0.05) is 17.4 Å². The molecule has 6 heteroatoms. The highest BCUT2D eigenvalue weighted by Crippen LogP contribution is 2.24. The van der Waals surface area contributed by atoms with Crippen LogP contribution in [0, 0.1) is 0 Å². The van der Waals surface area contributed by atoms with E-state index in [1.807, 2.05) is 48.5 Å². The highest BCUT2D eigenvalue weighted by atomic mass is 35.5. The van der Waals surface area contributed by atoms with Crippen LogP contribution in [0.4, 0.5) is 0 Å². The van der Waals surface area contributed by atoms with Crippen molar-refractivity contribution in [1.82, 2.24) is 9.55 Å². The fourth-order valence-electron chi connectivity index (χ4n) is 3.14. The van der Waals surface area contributed by atoms with E-state index in [0.29, 0.717) is 11.9 Å². The van der Waals surface area contributed by atoms with Crippen molar-refractivity contribution in [3.63, 3.8) is 0 Å². The Morgan fingerprint density at radius 3 is 2.77 bits per heavy atom. The number of ether oxygens (including phenoxy) is 1. The van der Waals surface area contributed by atoms with Gasteiger partial charge in [-0.3, -0.25) is 9.36 Å². The molecule has 1 aliphatic rings. The van der Waals surface area contributed by atoms with Gasteiger partial charge in [0.15, 0.2) is 5.16 Å². The van der Waals surface area contributed by atoms with E-state index in [0.717, 1.165) is 46.5 Å². The van der Waals surface area contributed by atoms with Gasteiger partial charge in [-0.15, -0.1) is 0 Å². The van der Waals surface area contributed by atoms with Crippen LogP contribution in [-0.2, 0) is 17.0 Å². The van der Waals surface area contributed by atoms with Crippen molar-refractivity contribution in [2.24, 2.45) is 0 Å². The van der Waals surface area contributed by atoms with Gasteiger partial charge in [-0.1, -0.05) is 47.6 Å². The van der Waals surface area contributed by atoms with Gasteiger partial charge in [0.2, 0.25) is 0 Å². The Labute approximate surface area is 161 Å². The second-order valence-corrected chi connectivity index (χ2v) is 7.76. The van der Waals surface area contributed by atoms with Gasteiger partial charge in [-0.25, -0.2) is 4.98 Å². The maximum absolute atomic E-state index is 13.0. The van der Waals surface area contributed by atoms with Gasteiger partial charge in [-0.2, -0.15) is 0 Å². The summed E-state index contributed by atoms with van der Waals surface area (Å²) in [6.45, 7) is 1.33. The second kappa shape index (κ2) is 7.82. The number of benzene rings is 2. The molecule has 0 saturated carbocycles. The van der Waals surface area contributed by atoms with Gasteiger partial charge in [0.25, 0.3) is 5.56 Å². The van der Waals surface area contributed by atoms with Gasteiger partial charge < -0.3 is 4.74 Å². The highest BCUT2D eigenvalue weighted by molar-refractivity contribution is 7.98. The Morgan fingerprint density at radius 1 is 1.19 bits per heavy atom. The van der Waals surface area contributed by atoms with Gasteiger partial charge in [-0.05, 0) is 42.7 Å². The minimum Gasteiger partial charge on any atom is -0.376 e. The number of aromatic nitrogens is 2. The lowest BCUT2D eigenvalue weighted by Crippen LogP contribution is -2.28. The summed E-state index contributed by atoms with van der Waals surface area (Å²) in [5.41, 5.74) is 1.88. The summed E-state index contributed by atoms with van der Waals surface area (Å²) in [7, 11) is 0. The van der Waals surface area contributed by atoms with E-state index in [2.05, 4.69) is 0 Å². The van der Waals surface area contributed by atoms with E-state index < -0.39 is 0 Å². The van der Waals surface area contributed by atoms with Crippen LogP contribution >= 0.6 is 23.4 Å². The van der Waals surface area contributed by atoms with Crippen molar-refractivity contribution in [1.29, 1.82) is 0 Å². The molecule has 2 heterocycles. The highest BCUT2D eigenvalue weighted by Gasteiger charge is 2.20. The van der Waals surface area contributed by atoms with E-state index in [9.17, 15) is 4.79 Å². The zero-order valence-corrected chi connectivity index (χ0v) is 15.8. The average Bonchev–Trinajstić information content (AvgIpc) is 3.17. The number of para-hydroxylation sites is 1. The fraction of sp³-hybridized carbons (Fsp3) is 0.300. The first-order chi connectivity index (χ1) is 12.7. The third kappa shape index (κ3) is 3.80. The Kier molecular flexibility index (Phi) is 5.29. The summed E-state index contributed by atoms with van der Waals surface area (Å²) >= 11 is 7.53. The molecular weight excluding hydrogens is 368 g/mol. The Hall–Kier alpha value is -1.82. The summed E-state index contributed by atoms with van der Waals surface area (Å²) in [4.78, 5) is 17.8. The summed E-state index contributed by atoms with van der Waals surface area (Å²) in [5.74, 6) is 0.730. The number of hydrogen-bond donors (Lipinski definition) is 0. The smallest absolute Gasteiger partial charge is 0.262 e. The molecule has 2 aromatic carbocycles. The first kappa shape index (κ1) is 17.6. The van der Waals surface area contributed by atoms with Crippen molar-refractivity contribution >= 4 is 34.3 Å². The van der Waals surface area contributed by atoms with E-state index in [4.69, 9.17) is 21.3 Å². The molecule has 1 aliphatic heterocycles. The molecule has 4 nitrogen and oxygen atoms in total. The second-order valence-electron chi connectivity index (χ2n) is 6.38. The molecule has 1 aromatic heterocycles. The monoisotopic (exact) mass is 386 g/mol. The molecule has 3 aromatic rings. The van der Waals surface area contributed by atoms with E-state index in [1.165, 1.54) is 0 Å². The van der Waals surface area contributed by atoms with Crippen molar-refractivity contribution < 1.29 is 4.74 Å². The van der Waals surface area contributed by atoms with E-state index in [1.54, 1.807) is 16.3 Å². The summed E-state index contributed by atoms with van der Waals surface area (Å²) in [6, 6.07) is 15.3. The molecule has 26 heavy (non-hydrogen) atoms. The molecule has 0 unspecified atom stereocenters. The lowest BCUT2D eigenvalue weighted by atomic mass is 10.2. The Bertz CT molecular complexity index is 966. The maximum Gasteiger partial charge on any atom is 0.262 e. The Balaban J connectivity index is 1.68. The summed E-state index contributed by atoms with van der Waals surface area (Å²) in [5, 5.41) is 2.11. The minimum absolute atomic E-state index is 0.00436. The number of halogens is 1. The largest absolute Gasteiger partial charge is 0.376 e. The van der Waals surface area contributed by atoms with Crippen LogP contribution in [0.1, 0.15) is 18.4 Å². The third-order valence-corrected chi connectivity index (χ3v) is 5.82. The molecule has 0 spiro atoms. The van der Waals surface area contributed by atoms with Crippen LogP contribution in [-0.4, -0.2) is 22.3 Å². The SMILES string of the molecule is O=c1c2ccccc2nc(SCc2ccc(Cl)cc2)n1C[C@@H]1CCCO1. The summed E-state index contributed by atoms with van der Waals surface area (Å²) in [6.07, 6.45) is 2.12. The molecule has 0 radical (unpaired) electrons. The number of rotatable bonds is 5. The zero-order chi connectivity index (χ0) is 17.9. The van der Waals surface area contributed by atoms with Gasteiger partial charge >= 0.3 is 0 Å². The first-order valence-electron chi connectivity index (χ1n) is 8.69. The molecule has 0 N–H and O–H groups in total. The summed E-state index contributed by atoms with van der Waals surface area (Å²) < 4.78 is 7.52. The topological polar surface area (TPSA) is 44.1 Å². The number of fused-ring (bicyclic) bond motifs is 1. The third-order valence-electron chi connectivity index (χ3n) is 4.52. The number of thioether (sulfide) groups is 1. The molecule has 134 valence electrons. The molecule has 4 rings (SSSR count). The van der Waals surface area contributed by atoms with Crippen LogP contribution < -0.4 is 5.56 Å². The predicted octanol–water partition coefficient (Wildman–Crippen LogP) is 4.52. The van der Waals surface area contributed by atoms with Crippen molar-refractivity contribution in [3.05, 3.63) is 69.5 Å². The molecule has 1 saturated heterocycles. The minimum atomic E-state index is 0.00436. The quantitative estimate of drug-likeness (QED) is 0.477. The lowest BCUT2D eigenvalue weighted by Gasteiger charge is -2.16. The van der Waals surface area contributed by atoms with Gasteiger partial charge in [0.05, 0.1) is 23.6 Å². The zero-order valence-electron chi connectivity index (χ0n) is 14.2. The van der Waals surface area contributed by atoms with Crippen LogP contribution in [0.25, 0.3) is 10.9 Å². The predicted molar refractivity (Wildman–Crippen MR) is 106 cm³/mol. The van der Waals surface area contributed by atoms with Crippen LogP contribution in [0.3, 0.4) is 0 Å². The van der Waals surface area contributed by atoms with Crippen LogP contribution in [0.2, 0.25) is 5.02 Å². The van der Waals surface area contributed by atoms with E-state index in [-0.39, 0.29) is 11.7 Å². The molecule has 1 atom stereocenters.